The summed E-state index contributed by atoms with van der Waals surface area (Å²) in [4.78, 5) is 28.0. The van der Waals surface area contributed by atoms with Gasteiger partial charge in [-0.3, -0.25) is 4.79 Å². The van der Waals surface area contributed by atoms with E-state index in [2.05, 4.69) is 6.92 Å². The minimum absolute atomic E-state index is 0.0167. The van der Waals surface area contributed by atoms with Crippen LogP contribution in [0, 0.1) is 5.92 Å². The first-order valence-corrected chi connectivity index (χ1v) is 7.74. The van der Waals surface area contributed by atoms with Gasteiger partial charge in [0.05, 0.1) is 13.5 Å². The van der Waals surface area contributed by atoms with Crippen LogP contribution in [0.5, 0.6) is 0 Å². The zero-order valence-electron chi connectivity index (χ0n) is 12.6. The van der Waals surface area contributed by atoms with E-state index in [-0.39, 0.29) is 18.0 Å². The second-order valence-corrected chi connectivity index (χ2v) is 6.08. The number of likely N-dealkylation sites (tertiary alicyclic amines) is 2. The van der Waals surface area contributed by atoms with E-state index in [9.17, 15) is 9.59 Å². The van der Waals surface area contributed by atoms with Gasteiger partial charge in [0.25, 0.3) is 0 Å². The number of methoxy groups -OCH3 is 1. The Kier molecular flexibility index (Phi) is 5.26. The molecule has 2 amide bonds. The molecule has 2 aliphatic heterocycles. The third-order valence-electron chi connectivity index (χ3n) is 4.56. The normalized spacial score (nSPS) is 24.6. The van der Waals surface area contributed by atoms with E-state index in [0.717, 1.165) is 51.7 Å². The number of piperidine rings is 2. The summed E-state index contributed by atoms with van der Waals surface area (Å²) in [7, 11) is 1.41. The molecule has 5 nitrogen and oxygen atoms in total. The largest absolute Gasteiger partial charge is 0.469 e. The van der Waals surface area contributed by atoms with Gasteiger partial charge in [0, 0.05) is 25.7 Å². The summed E-state index contributed by atoms with van der Waals surface area (Å²) in [5.74, 6) is 0.494. The number of ether oxygens (including phenoxy) is 1. The van der Waals surface area contributed by atoms with Crippen molar-refractivity contribution in [3.05, 3.63) is 0 Å². The van der Waals surface area contributed by atoms with E-state index >= 15 is 0 Å². The number of esters is 1. The van der Waals surface area contributed by atoms with Crippen molar-refractivity contribution in [1.29, 1.82) is 0 Å². The Balaban J connectivity index is 1.96. The Labute approximate surface area is 121 Å². The molecule has 1 unspecified atom stereocenters. The van der Waals surface area contributed by atoms with Crippen molar-refractivity contribution < 1.29 is 14.3 Å². The lowest BCUT2D eigenvalue weighted by atomic mass is 9.98. The molecule has 0 radical (unpaired) electrons. The number of hydrogen-bond donors (Lipinski definition) is 0. The molecule has 2 fully saturated rings. The maximum absolute atomic E-state index is 12.6. The third kappa shape index (κ3) is 3.64. The molecule has 0 aromatic rings. The van der Waals surface area contributed by atoms with Gasteiger partial charge in [-0.25, -0.2) is 4.79 Å². The molecule has 2 saturated heterocycles. The van der Waals surface area contributed by atoms with E-state index in [0.29, 0.717) is 12.3 Å². The highest BCUT2D eigenvalue weighted by molar-refractivity contribution is 5.76. The Morgan fingerprint density at radius 3 is 2.45 bits per heavy atom. The summed E-state index contributed by atoms with van der Waals surface area (Å²) < 4.78 is 4.75. The lowest BCUT2D eigenvalue weighted by molar-refractivity contribution is -0.142. The van der Waals surface area contributed by atoms with Crippen molar-refractivity contribution in [2.45, 2.75) is 51.5 Å². The van der Waals surface area contributed by atoms with Crippen LogP contribution in [-0.2, 0) is 9.53 Å². The fourth-order valence-corrected chi connectivity index (χ4v) is 3.12. The first-order chi connectivity index (χ1) is 9.61. The van der Waals surface area contributed by atoms with Gasteiger partial charge in [0.2, 0.25) is 0 Å². The topological polar surface area (TPSA) is 49.9 Å². The van der Waals surface area contributed by atoms with Crippen LogP contribution >= 0.6 is 0 Å². The lowest BCUT2D eigenvalue weighted by Crippen LogP contribution is -2.52. The zero-order chi connectivity index (χ0) is 14.5. The molecule has 20 heavy (non-hydrogen) atoms. The minimum atomic E-state index is -0.220. The van der Waals surface area contributed by atoms with Crippen molar-refractivity contribution in [3.8, 4) is 0 Å². The maximum atomic E-state index is 12.6. The van der Waals surface area contributed by atoms with Gasteiger partial charge in [-0.05, 0) is 38.0 Å². The lowest BCUT2D eigenvalue weighted by Gasteiger charge is -2.40. The number of amides is 2. The summed E-state index contributed by atoms with van der Waals surface area (Å²) in [5.41, 5.74) is 0. The van der Waals surface area contributed by atoms with Crippen molar-refractivity contribution >= 4 is 12.0 Å². The highest BCUT2D eigenvalue weighted by atomic mass is 16.5. The molecule has 2 heterocycles. The molecule has 0 bridgehead atoms. The van der Waals surface area contributed by atoms with Crippen LogP contribution in [0.1, 0.15) is 45.4 Å². The molecule has 0 N–H and O–H groups in total. The summed E-state index contributed by atoms with van der Waals surface area (Å²) in [6, 6.07) is 0.133. The monoisotopic (exact) mass is 282 g/mol. The van der Waals surface area contributed by atoms with Crippen LogP contribution in [0.25, 0.3) is 0 Å². The molecule has 0 aliphatic carbocycles. The van der Waals surface area contributed by atoms with Gasteiger partial charge in [0.15, 0.2) is 0 Å². The van der Waals surface area contributed by atoms with Gasteiger partial charge < -0.3 is 14.5 Å². The van der Waals surface area contributed by atoms with Crippen LogP contribution < -0.4 is 0 Å². The number of rotatable bonds is 2. The Morgan fingerprint density at radius 2 is 1.80 bits per heavy atom. The molecule has 0 spiro atoms. The summed E-state index contributed by atoms with van der Waals surface area (Å²) in [6.45, 7) is 4.71. The minimum Gasteiger partial charge on any atom is -0.469 e. The summed E-state index contributed by atoms with van der Waals surface area (Å²) in [6.07, 6.45) is 5.52. The number of carbonyl (C=O) groups is 2. The highest BCUT2D eigenvalue weighted by Crippen LogP contribution is 2.24. The Hall–Kier alpha value is -1.26. The molecular weight excluding hydrogens is 256 g/mol. The van der Waals surface area contributed by atoms with Crippen LogP contribution in [0.4, 0.5) is 4.79 Å². The molecule has 0 aromatic heterocycles. The Bertz CT molecular complexity index is 351. The zero-order valence-corrected chi connectivity index (χ0v) is 12.6. The van der Waals surface area contributed by atoms with Crippen LogP contribution in [-0.4, -0.2) is 54.6 Å². The molecule has 2 aliphatic rings. The first-order valence-electron chi connectivity index (χ1n) is 7.74. The fourth-order valence-electron chi connectivity index (χ4n) is 3.12. The quantitative estimate of drug-likeness (QED) is 0.730. The van der Waals surface area contributed by atoms with Crippen LogP contribution in [0.15, 0.2) is 0 Å². The molecule has 2 rings (SSSR count). The van der Waals surface area contributed by atoms with Crippen LogP contribution in [0.2, 0.25) is 0 Å². The van der Waals surface area contributed by atoms with Gasteiger partial charge in [-0.2, -0.15) is 0 Å². The van der Waals surface area contributed by atoms with Gasteiger partial charge in [-0.1, -0.05) is 6.92 Å². The number of urea groups is 1. The van der Waals surface area contributed by atoms with Crippen molar-refractivity contribution in [2.24, 2.45) is 5.92 Å². The molecular formula is C15H26N2O3. The summed E-state index contributed by atoms with van der Waals surface area (Å²) in [5, 5.41) is 0. The highest BCUT2D eigenvalue weighted by Gasteiger charge is 2.32. The molecule has 114 valence electrons. The molecule has 5 heteroatoms. The fraction of sp³-hybridized carbons (Fsp3) is 0.867. The Morgan fingerprint density at radius 1 is 1.10 bits per heavy atom. The van der Waals surface area contributed by atoms with E-state index in [1.165, 1.54) is 7.11 Å². The molecule has 0 saturated carbocycles. The second-order valence-electron chi connectivity index (χ2n) is 6.08. The second kappa shape index (κ2) is 6.95. The SMILES string of the molecule is COC(=O)CC1CCCCN1C(=O)N1CCC(C)CC1. The van der Waals surface area contributed by atoms with Crippen molar-refractivity contribution in [3.63, 3.8) is 0 Å². The number of nitrogens with zero attached hydrogens (tertiary/aromatic N) is 2. The predicted octanol–water partition coefficient (Wildman–Crippen LogP) is 2.26. The van der Waals surface area contributed by atoms with Crippen molar-refractivity contribution in [1.82, 2.24) is 9.80 Å². The van der Waals surface area contributed by atoms with Crippen molar-refractivity contribution in [2.75, 3.05) is 26.7 Å². The number of carbonyl (C=O) groups excluding carboxylic acids is 2. The third-order valence-corrected chi connectivity index (χ3v) is 4.56. The van der Waals surface area contributed by atoms with E-state index in [1.54, 1.807) is 0 Å². The predicted molar refractivity (Wildman–Crippen MR) is 76.3 cm³/mol. The van der Waals surface area contributed by atoms with E-state index < -0.39 is 0 Å². The average Bonchev–Trinajstić information content (AvgIpc) is 2.48. The average molecular weight is 282 g/mol. The standard InChI is InChI=1S/C15H26N2O3/c1-12-6-9-16(10-7-12)15(19)17-8-4-3-5-13(17)11-14(18)20-2/h12-13H,3-11H2,1-2H3. The first kappa shape index (κ1) is 15.1. The molecule has 1 atom stereocenters. The van der Waals surface area contributed by atoms with Gasteiger partial charge in [0.1, 0.15) is 0 Å². The van der Waals surface area contributed by atoms with E-state index in [1.807, 2.05) is 9.80 Å². The van der Waals surface area contributed by atoms with Gasteiger partial charge in [-0.15, -0.1) is 0 Å². The van der Waals surface area contributed by atoms with Gasteiger partial charge >= 0.3 is 12.0 Å². The summed E-state index contributed by atoms with van der Waals surface area (Å²) >= 11 is 0. The number of hydrogen-bond acceptors (Lipinski definition) is 3. The smallest absolute Gasteiger partial charge is 0.320 e. The van der Waals surface area contributed by atoms with E-state index in [4.69, 9.17) is 4.74 Å². The maximum Gasteiger partial charge on any atom is 0.320 e. The molecule has 0 aromatic carbocycles. The van der Waals surface area contributed by atoms with Crippen LogP contribution in [0.3, 0.4) is 0 Å².